The third-order valence-electron chi connectivity index (χ3n) is 5.07. The molecular weight excluding hydrogens is 371 g/mol. The zero-order valence-electron chi connectivity index (χ0n) is 15.9. The lowest BCUT2D eigenvalue weighted by atomic mass is 10.1. The molecule has 0 aliphatic carbocycles. The average molecular weight is 397 g/mol. The van der Waals surface area contributed by atoms with E-state index in [9.17, 15) is 4.39 Å². The molecule has 0 unspecified atom stereocenters. The van der Waals surface area contributed by atoms with Gasteiger partial charge in [0.05, 0.1) is 13.1 Å². The van der Waals surface area contributed by atoms with E-state index in [2.05, 4.69) is 43.9 Å². The molecule has 0 radical (unpaired) electrons. The van der Waals surface area contributed by atoms with Gasteiger partial charge in [-0.1, -0.05) is 60.6 Å². The van der Waals surface area contributed by atoms with Crippen molar-refractivity contribution in [3.63, 3.8) is 0 Å². The van der Waals surface area contributed by atoms with Crippen LogP contribution in [0.5, 0.6) is 0 Å². The molecule has 0 N–H and O–H groups in total. The molecule has 0 saturated carbocycles. The lowest BCUT2D eigenvalue weighted by Crippen LogP contribution is -2.30. The monoisotopic (exact) mass is 396 g/mol. The van der Waals surface area contributed by atoms with Crippen LogP contribution in [-0.2, 0) is 18.8 Å². The van der Waals surface area contributed by atoms with Gasteiger partial charge >= 0.3 is 0 Å². The number of halogens is 1. The number of thioether (sulfide) groups is 1. The van der Waals surface area contributed by atoms with Crippen molar-refractivity contribution in [1.82, 2.24) is 19.7 Å². The zero-order chi connectivity index (χ0) is 19.2. The molecule has 1 saturated heterocycles. The van der Waals surface area contributed by atoms with Gasteiger partial charge in [-0.15, -0.1) is 10.2 Å². The summed E-state index contributed by atoms with van der Waals surface area (Å²) in [5, 5.41) is 9.93. The number of hydrogen-bond acceptors (Lipinski definition) is 4. The van der Waals surface area contributed by atoms with Gasteiger partial charge in [0, 0.05) is 5.75 Å². The maximum Gasteiger partial charge on any atom is 0.191 e. The van der Waals surface area contributed by atoms with E-state index < -0.39 is 0 Å². The van der Waals surface area contributed by atoms with Gasteiger partial charge in [0.15, 0.2) is 5.16 Å². The highest BCUT2D eigenvalue weighted by Crippen LogP contribution is 2.24. The summed E-state index contributed by atoms with van der Waals surface area (Å²) in [7, 11) is 0. The highest BCUT2D eigenvalue weighted by Gasteiger charge is 2.18. The molecule has 0 atom stereocenters. The summed E-state index contributed by atoms with van der Waals surface area (Å²) < 4.78 is 15.4. The second kappa shape index (κ2) is 9.34. The second-order valence-corrected chi connectivity index (χ2v) is 8.16. The number of likely N-dealkylation sites (tertiary alicyclic amines) is 1. The van der Waals surface area contributed by atoms with Crippen molar-refractivity contribution in [3.8, 4) is 0 Å². The number of piperidine rings is 1. The average Bonchev–Trinajstić information content (AvgIpc) is 3.10. The van der Waals surface area contributed by atoms with Crippen LogP contribution in [-0.4, -0.2) is 32.8 Å². The van der Waals surface area contributed by atoms with Crippen molar-refractivity contribution in [2.75, 3.05) is 13.1 Å². The van der Waals surface area contributed by atoms with Crippen molar-refractivity contribution in [3.05, 3.63) is 77.4 Å². The standard InChI is InChI=1S/C22H25FN4S/c23-20-11-9-19(10-12-20)17-28-22-25-24-21(16-26-13-5-2-6-14-26)27(22)15-18-7-3-1-4-8-18/h1,3-4,7-12H,2,5-6,13-17H2. The van der Waals surface area contributed by atoms with Crippen LogP contribution in [0.25, 0.3) is 0 Å². The van der Waals surface area contributed by atoms with Crippen molar-refractivity contribution >= 4 is 11.8 Å². The molecule has 4 rings (SSSR count). The topological polar surface area (TPSA) is 34.0 Å². The SMILES string of the molecule is Fc1ccc(CSc2nnc(CN3CCCCC3)n2Cc2ccccc2)cc1. The molecule has 0 bridgehead atoms. The van der Waals surface area contributed by atoms with Crippen LogP contribution in [0.3, 0.4) is 0 Å². The van der Waals surface area contributed by atoms with Gasteiger partial charge < -0.3 is 4.57 Å². The number of rotatable bonds is 7. The fraction of sp³-hybridized carbons (Fsp3) is 0.364. The molecule has 146 valence electrons. The van der Waals surface area contributed by atoms with Crippen LogP contribution in [0, 0.1) is 5.82 Å². The van der Waals surface area contributed by atoms with E-state index in [0.717, 1.165) is 48.5 Å². The highest BCUT2D eigenvalue weighted by molar-refractivity contribution is 7.98. The van der Waals surface area contributed by atoms with Gasteiger partial charge in [0.25, 0.3) is 0 Å². The number of nitrogens with zero attached hydrogens (tertiary/aromatic N) is 4. The quantitative estimate of drug-likeness (QED) is 0.540. The molecule has 4 nitrogen and oxygen atoms in total. The predicted octanol–water partition coefficient (Wildman–Crippen LogP) is 4.74. The van der Waals surface area contributed by atoms with E-state index in [1.165, 1.54) is 37.0 Å². The van der Waals surface area contributed by atoms with Gasteiger partial charge in [-0.2, -0.15) is 0 Å². The van der Waals surface area contributed by atoms with Crippen molar-refractivity contribution in [2.45, 2.75) is 43.3 Å². The maximum absolute atomic E-state index is 13.1. The third-order valence-corrected chi connectivity index (χ3v) is 6.11. The summed E-state index contributed by atoms with van der Waals surface area (Å²) >= 11 is 1.66. The summed E-state index contributed by atoms with van der Waals surface area (Å²) in [5.74, 6) is 1.56. The molecule has 0 spiro atoms. The van der Waals surface area contributed by atoms with E-state index in [-0.39, 0.29) is 5.82 Å². The summed E-state index contributed by atoms with van der Waals surface area (Å²) in [6.07, 6.45) is 3.85. The Balaban J connectivity index is 1.52. The van der Waals surface area contributed by atoms with Crippen LogP contribution in [0.2, 0.25) is 0 Å². The summed E-state index contributed by atoms with van der Waals surface area (Å²) in [5.41, 5.74) is 2.32. The van der Waals surface area contributed by atoms with Gasteiger partial charge in [0.2, 0.25) is 0 Å². The number of hydrogen-bond donors (Lipinski definition) is 0. The van der Waals surface area contributed by atoms with Crippen molar-refractivity contribution in [2.24, 2.45) is 0 Å². The largest absolute Gasteiger partial charge is 0.300 e. The second-order valence-electron chi connectivity index (χ2n) is 7.22. The van der Waals surface area contributed by atoms with E-state index in [1.807, 2.05) is 18.2 Å². The highest BCUT2D eigenvalue weighted by atomic mass is 32.2. The Kier molecular flexibility index (Phi) is 6.39. The van der Waals surface area contributed by atoms with Crippen LogP contribution in [0.15, 0.2) is 59.8 Å². The van der Waals surface area contributed by atoms with Crippen LogP contribution in [0.4, 0.5) is 4.39 Å². The Morgan fingerprint density at radius 2 is 1.57 bits per heavy atom. The molecule has 6 heteroatoms. The predicted molar refractivity (Wildman–Crippen MR) is 111 cm³/mol. The molecule has 2 aromatic carbocycles. The number of benzene rings is 2. The molecule has 1 aliphatic rings. The minimum Gasteiger partial charge on any atom is -0.300 e. The summed E-state index contributed by atoms with van der Waals surface area (Å²) in [4.78, 5) is 2.48. The smallest absolute Gasteiger partial charge is 0.191 e. The summed E-state index contributed by atoms with van der Waals surface area (Å²) in [6.45, 7) is 3.88. The maximum atomic E-state index is 13.1. The first-order valence-electron chi connectivity index (χ1n) is 9.83. The first kappa shape index (κ1) is 19.2. The van der Waals surface area contributed by atoms with Crippen molar-refractivity contribution < 1.29 is 4.39 Å². The van der Waals surface area contributed by atoms with E-state index in [4.69, 9.17) is 0 Å². The Labute approximate surface area is 169 Å². The molecule has 1 aromatic heterocycles. The van der Waals surface area contributed by atoms with Crippen LogP contribution >= 0.6 is 11.8 Å². The molecular formula is C22H25FN4S. The Morgan fingerprint density at radius 1 is 0.821 bits per heavy atom. The first-order chi connectivity index (χ1) is 13.8. The van der Waals surface area contributed by atoms with Crippen LogP contribution in [0.1, 0.15) is 36.2 Å². The fourth-order valence-corrected chi connectivity index (χ4v) is 4.43. The van der Waals surface area contributed by atoms with Gasteiger partial charge in [0.1, 0.15) is 11.6 Å². The van der Waals surface area contributed by atoms with Crippen molar-refractivity contribution in [1.29, 1.82) is 0 Å². The lowest BCUT2D eigenvalue weighted by molar-refractivity contribution is 0.213. The molecule has 3 aromatic rings. The van der Waals surface area contributed by atoms with E-state index in [1.54, 1.807) is 11.8 Å². The van der Waals surface area contributed by atoms with Gasteiger partial charge in [-0.25, -0.2) is 4.39 Å². The molecule has 1 aliphatic heterocycles. The molecule has 28 heavy (non-hydrogen) atoms. The van der Waals surface area contributed by atoms with Gasteiger partial charge in [-0.3, -0.25) is 4.90 Å². The summed E-state index contributed by atoms with van der Waals surface area (Å²) in [6, 6.07) is 17.1. The molecule has 0 amide bonds. The first-order valence-corrected chi connectivity index (χ1v) is 10.8. The Bertz CT molecular complexity index is 873. The molecule has 2 heterocycles. The Morgan fingerprint density at radius 3 is 2.32 bits per heavy atom. The third kappa shape index (κ3) is 5.00. The number of aromatic nitrogens is 3. The fourth-order valence-electron chi connectivity index (χ4n) is 3.51. The van der Waals surface area contributed by atoms with E-state index >= 15 is 0 Å². The molecule has 1 fully saturated rings. The normalized spacial score (nSPS) is 15.0. The minimum atomic E-state index is -0.204. The Hall–Kier alpha value is -2.18. The minimum absolute atomic E-state index is 0.204. The van der Waals surface area contributed by atoms with Crippen LogP contribution < -0.4 is 0 Å². The zero-order valence-corrected chi connectivity index (χ0v) is 16.7. The van der Waals surface area contributed by atoms with E-state index in [0.29, 0.717) is 0 Å². The van der Waals surface area contributed by atoms with Gasteiger partial charge in [-0.05, 0) is 49.2 Å². The lowest BCUT2D eigenvalue weighted by Gasteiger charge is -2.26.